The topological polar surface area (TPSA) is 61.4 Å². The number of carbonyl (C=O) groups excluding carboxylic acids is 2. The average Bonchev–Trinajstić information content (AvgIpc) is 2.90. The van der Waals surface area contributed by atoms with E-state index in [-0.39, 0.29) is 23.4 Å². The quantitative estimate of drug-likeness (QED) is 0.882. The molecule has 0 bridgehead atoms. The molecule has 1 fully saturated rings. The second kappa shape index (κ2) is 6.47. The molecule has 1 atom stereocenters. The van der Waals surface area contributed by atoms with Crippen LogP contribution in [-0.2, 0) is 4.79 Å². The highest BCUT2D eigenvalue weighted by atomic mass is 32.1. The van der Waals surface area contributed by atoms with Crippen LogP contribution in [0, 0.1) is 5.92 Å². The number of nitrogens with one attached hydrogen (secondary N) is 2. The van der Waals surface area contributed by atoms with E-state index in [1.807, 2.05) is 38.3 Å². The molecule has 2 rings (SSSR count). The molecule has 116 valence electrons. The van der Waals surface area contributed by atoms with Gasteiger partial charge in [0, 0.05) is 18.6 Å². The van der Waals surface area contributed by atoms with E-state index in [2.05, 4.69) is 10.6 Å². The first-order chi connectivity index (χ1) is 9.85. The van der Waals surface area contributed by atoms with Crippen LogP contribution in [0.1, 0.15) is 33.6 Å². The Kier molecular flexibility index (Phi) is 4.88. The van der Waals surface area contributed by atoms with Gasteiger partial charge in [0.15, 0.2) is 0 Å². The summed E-state index contributed by atoms with van der Waals surface area (Å²) in [7, 11) is 0. The van der Waals surface area contributed by atoms with Crippen molar-refractivity contribution in [1.29, 1.82) is 0 Å². The summed E-state index contributed by atoms with van der Waals surface area (Å²) in [5.41, 5.74) is -0.238. The zero-order valence-corrected chi connectivity index (χ0v) is 13.6. The standard InChI is InChI=1S/C15H23N3O2S/c1-15(2,3)17-13(19)11-6-4-8-18(10-11)14(20)16-12-7-5-9-21-12/h5,7,9,11H,4,6,8,10H2,1-3H3,(H,16,20)(H,17,19). The van der Waals surface area contributed by atoms with Crippen LogP contribution in [0.5, 0.6) is 0 Å². The Morgan fingerprint density at radius 3 is 2.76 bits per heavy atom. The molecule has 1 aliphatic heterocycles. The fourth-order valence-corrected chi connectivity index (χ4v) is 2.99. The number of anilines is 1. The molecule has 0 radical (unpaired) electrons. The summed E-state index contributed by atoms with van der Waals surface area (Å²) in [4.78, 5) is 26.2. The number of hydrogen-bond donors (Lipinski definition) is 2. The Labute approximate surface area is 129 Å². The average molecular weight is 309 g/mol. The van der Waals surface area contributed by atoms with Gasteiger partial charge < -0.3 is 10.2 Å². The molecule has 1 unspecified atom stereocenters. The normalized spacial score (nSPS) is 19.2. The van der Waals surface area contributed by atoms with Gasteiger partial charge in [0.25, 0.3) is 0 Å². The summed E-state index contributed by atoms with van der Waals surface area (Å²) in [5.74, 6) is -0.0804. The van der Waals surface area contributed by atoms with E-state index in [0.717, 1.165) is 17.8 Å². The molecule has 3 amide bonds. The SMILES string of the molecule is CC(C)(C)NC(=O)C1CCCN(C(=O)Nc2cccs2)C1. The van der Waals surface area contributed by atoms with E-state index >= 15 is 0 Å². The van der Waals surface area contributed by atoms with E-state index in [9.17, 15) is 9.59 Å². The summed E-state index contributed by atoms with van der Waals surface area (Å²) in [6.07, 6.45) is 1.70. The maximum absolute atomic E-state index is 12.2. The molecule has 5 nitrogen and oxygen atoms in total. The van der Waals surface area contributed by atoms with Gasteiger partial charge in [-0.15, -0.1) is 11.3 Å². The monoisotopic (exact) mass is 309 g/mol. The zero-order valence-electron chi connectivity index (χ0n) is 12.8. The van der Waals surface area contributed by atoms with Crippen LogP contribution in [0.4, 0.5) is 9.80 Å². The zero-order chi connectivity index (χ0) is 15.5. The Morgan fingerprint density at radius 1 is 1.38 bits per heavy atom. The van der Waals surface area contributed by atoms with E-state index in [0.29, 0.717) is 13.1 Å². The highest BCUT2D eigenvalue weighted by Crippen LogP contribution is 2.20. The Bertz CT molecular complexity index is 494. The number of hydrogen-bond acceptors (Lipinski definition) is 3. The van der Waals surface area contributed by atoms with Crippen molar-refractivity contribution in [3.8, 4) is 0 Å². The molecule has 2 heterocycles. The fourth-order valence-electron chi connectivity index (χ4n) is 2.38. The predicted octanol–water partition coefficient (Wildman–Crippen LogP) is 2.91. The van der Waals surface area contributed by atoms with Gasteiger partial charge in [-0.25, -0.2) is 4.79 Å². The largest absolute Gasteiger partial charge is 0.351 e. The van der Waals surface area contributed by atoms with E-state index < -0.39 is 0 Å². The van der Waals surface area contributed by atoms with Gasteiger partial charge in [0.2, 0.25) is 5.91 Å². The van der Waals surface area contributed by atoms with Gasteiger partial charge in [-0.05, 0) is 51.1 Å². The fraction of sp³-hybridized carbons (Fsp3) is 0.600. The molecular weight excluding hydrogens is 286 g/mol. The molecule has 1 aromatic heterocycles. The molecule has 0 aliphatic carbocycles. The number of urea groups is 1. The van der Waals surface area contributed by atoms with Gasteiger partial charge in [-0.2, -0.15) is 0 Å². The number of piperidine rings is 1. The van der Waals surface area contributed by atoms with Gasteiger partial charge in [0.1, 0.15) is 0 Å². The van der Waals surface area contributed by atoms with Crippen LogP contribution < -0.4 is 10.6 Å². The van der Waals surface area contributed by atoms with Crippen LogP contribution in [-0.4, -0.2) is 35.5 Å². The smallest absolute Gasteiger partial charge is 0.322 e. The third kappa shape index (κ3) is 4.74. The molecule has 6 heteroatoms. The molecular formula is C15H23N3O2S. The molecule has 0 saturated carbocycles. The summed E-state index contributed by atoms with van der Waals surface area (Å²) in [6.45, 7) is 7.09. The molecule has 0 aromatic carbocycles. The highest BCUT2D eigenvalue weighted by Gasteiger charge is 2.30. The number of nitrogens with zero attached hydrogens (tertiary/aromatic N) is 1. The number of carbonyl (C=O) groups is 2. The second-order valence-electron chi connectivity index (χ2n) is 6.43. The van der Waals surface area contributed by atoms with Crippen LogP contribution in [0.25, 0.3) is 0 Å². The van der Waals surface area contributed by atoms with Crippen molar-refractivity contribution in [2.45, 2.75) is 39.2 Å². The molecule has 1 aliphatic rings. The van der Waals surface area contributed by atoms with Crippen molar-refractivity contribution in [3.63, 3.8) is 0 Å². The summed E-state index contributed by atoms with van der Waals surface area (Å²) in [6, 6.07) is 3.65. The van der Waals surface area contributed by atoms with E-state index in [1.165, 1.54) is 11.3 Å². The Morgan fingerprint density at radius 2 is 2.14 bits per heavy atom. The Balaban J connectivity index is 1.91. The Hall–Kier alpha value is -1.56. The lowest BCUT2D eigenvalue weighted by Crippen LogP contribution is -2.50. The van der Waals surface area contributed by atoms with Crippen molar-refractivity contribution in [1.82, 2.24) is 10.2 Å². The van der Waals surface area contributed by atoms with Gasteiger partial charge in [-0.1, -0.05) is 0 Å². The van der Waals surface area contributed by atoms with Crippen molar-refractivity contribution < 1.29 is 9.59 Å². The second-order valence-corrected chi connectivity index (χ2v) is 7.38. The maximum atomic E-state index is 12.2. The van der Waals surface area contributed by atoms with E-state index in [1.54, 1.807) is 4.90 Å². The highest BCUT2D eigenvalue weighted by molar-refractivity contribution is 7.14. The van der Waals surface area contributed by atoms with Gasteiger partial charge >= 0.3 is 6.03 Å². The number of likely N-dealkylation sites (tertiary alicyclic amines) is 1. The van der Waals surface area contributed by atoms with Crippen molar-refractivity contribution in [3.05, 3.63) is 17.5 Å². The van der Waals surface area contributed by atoms with Gasteiger partial charge in [0.05, 0.1) is 10.9 Å². The minimum Gasteiger partial charge on any atom is -0.351 e. The van der Waals surface area contributed by atoms with Crippen LogP contribution >= 0.6 is 11.3 Å². The lowest BCUT2D eigenvalue weighted by molar-refractivity contribution is -0.127. The molecule has 21 heavy (non-hydrogen) atoms. The third-order valence-electron chi connectivity index (χ3n) is 3.33. The first-order valence-electron chi connectivity index (χ1n) is 7.26. The minimum atomic E-state index is -0.238. The molecule has 1 aromatic rings. The molecule has 2 N–H and O–H groups in total. The van der Waals surface area contributed by atoms with E-state index in [4.69, 9.17) is 0 Å². The summed E-state index contributed by atoms with van der Waals surface area (Å²) < 4.78 is 0. The summed E-state index contributed by atoms with van der Waals surface area (Å²) in [5, 5.41) is 8.63. The number of amides is 3. The molecule has 0 spiro atoms. The van der Waals surface area contributed by atoms with Crippen molar-refractivity contribution >= 4 is 28.3 Å². The van der Waals surface area contributed by atoms with Crippen LogP contribution in [0.2, 0.25) is 0 Å². The van der Waals surface area contributed by atoms with Crippen LogP contribution in [0.15, 0.2) is 17.5 Å². The number of rotatable bonds is 2. The first-order valence-corrected chi connectivity index (χ1v) is 8.14. The molecule has 1 saturated heterocycles. The number of thiophene rings is 1. The van der Waals surface area contributed by atoms with Crippen molar-refractivity contribution in [2.75, 3.05) is 18.4 Å². The third-order valence-corrected chi connectivity index (χ3v) is 4.11. The lowest BCUT2D eigenvalue weighted by atomic mass is 9.96. The lowest BCUT2D eigenvalue weighted by Gasteiger charge is -2.33. The van der Waals surface area contributed by atoms with Crippen LogP contribution in [0.3, 0.4) is 0 Å². The maximum Gasteiger partial charge on any atom is 0.322 e. The summed E-state index contributed by atoms with van der Waals surface area (Å²) >= 11 is 1.49. The van der Waals surface area contributed by atoms with Gasteiger partial charge in [-0.3, -0.25) is 10.1 Å². The van der Waals surface area contributed by atoms with Crippen molar-refractivity contribution in [2.24, 2.45) is 5.92 Å². The predicted molar refractivity (Wildman–Crippen MR) is 85.5 cm³/mol. The minimum absolute atomic E-state index is 0.0381. The first kappa shape index (κ1) is 15.8.